The second kappa shape index (κ2) is 5.60. The zero-order chi connectivity index (χ0) is 14.8. The summed E-state index contributed by atoms with van der Waals surface area (Å²) < 4.78 is 5.59. The zero-order valence-corrected chi connectivity index (χ0v) is 12.3. The van der Waals surface area contributed by atoms with E-state index in [-0.39, 0.29) is 11.9 Å². The summed E-state index contributed by atoms with van der Waals surface area (Å²) in [5.74, 6) is 0.833. The monoisotopic (exact) mass is 281 g/mol. The predicted octanol–water partition coefficient (Wildman–Crippen LogP) is 3.67. The van der Waals surface area contributed by atoms with E-state index < -0.39 is 0 Å². The Morgan fingerprint density at radius 1 is 1.10 bits per heavy atom. The molecule has 3 nitrogen and oxygen atoms in total. The Morgan fingerprint density at radius 2 is 1.81 bits per heavy atom. The van der Waals surface area contributed by atoms with Crippen LogP contribution in [0, 0.1) is 0 Å². The normalized spacial score (nSPS) is 12.9. The Bertz CT molecular complexity index is 659. The van der Waals surface area contributed by atoms with E-state index in [9.17, 15) is 4.79 Å². The van der Waals surface area contributed by atoms with Crippen molar-refractivity contribution in [2.75, 3.05) is 11.9 Å². The van der Waals surface area contributed by atoms with E-state index >= 15 is 0 Å². The second-order valence-corrected chi connectivity index (χ2v) is 5.57. The summed E-state index contributed by atoms with van der Waals surface area (Å²) >= 11 is 0. The first-order chi connectivity index (χ1) is 10.1. The molecule has 0 saturated heterocycles. The van der Waals surface area contributed by atoms with Crippen LogP contribution in [0.25, 0.3) is 0 Å². The summed E-state index contributed by atoms with van der Waals surface area (Å²) in [6.45, 7) is 4.92. The van der Waals surface area contributed by atoms with Crippen LogP contribution >= 0.6 is 0 Å². The lowest BCUT2D eigenvalue weighted by atomic mass is 10.0. The molecule has 0 saturated carbocycles. The van der Waals surface area contributed by atoms with E-state index in [0.29, 0.717) is 5.56 Å². The highest BCUT2D eigenvalue weighted by Crippen LogP contribution is 2.25. The zero-order valence-electron chi connectivity index (χ0n) is 12.3. The number of fused-ring (bicyclic) bond motifs is 1. The van der Waals surface area contributed by atoms with E-state index in [4.69, 9.17) is 4.74 Å². The predicted molar refractivity (Wildman–Crippen MR) is 84.3 cm³/mol. The molecule has 1 aliphatic rings. The fourth-order valence-electron chi connectivity index (χ4n) is 2.56. The molecule has 0 unspecified atom stereocenters. The minimum atomic E-state index is 0.0441. The molecule has 1 aliphatic heterocycles. The first kappa shape index (κ1) is 13.7. The van der Waals surface area contributed by atoms with E-state index in [2.05, 4.69) is 5.32 Å². The van der Waals surface area contributed by atoms with Gasteiger partial charge in [0.05, 0.1) is 6.10 Å². The Kier molecular flexibility index (Phi) is 3.65. The summed E-state index contributed by atoms with van der Waals surface area (Å²) in [6.07, 6.45) is 1.17. The molecule has 2 aromatic carbocycles. The molecule has 3 rings (SSSR count). The number of ether oxygens (including phenoxy) is 1. The number of hydrogen-bond donors (Lipinski definition) is 1. The highest BCUT2D eigenvalue weighted by atomic mass is 16.5. The van der Waals surface area contributed by atoms with Gasteiger partial charge in [0.2, 0.25) is 0 Å². The number of carbonyl (C=O) groups excluding carboxylic acids is 1. The van der Waals surface area contributed by atoms with Crippen molar-refractivity contribution in [2.24, 2.45) is 0 Å². The van der Waals surface area contributed by atoms with Gasteiger partial charge in [-0.2, -0.15) is 0 Å². The summed E-state index contributed by atoms with van der Waals surface area (Å²) in [5.41, 5.74) is 3.78. The molecule has 21 heavy (non-hydrogen) atoms. The third-order valence-electron chi connectivity index (χ3n) is 3.57. The van der Waals surface area contributed by atoms with Crippen molar-refractivity contribution in [2.45, 2.75) is 26.4 Å². The minimum Gasteiger partial charge on any atom is -0.491 e. The summed E-state index contributed by atoms with van der Waals surface area (Å²) in [6, 6.07) is 13.2. The first-order valence-corrected chi connectivity index (χ1v) is 7.32. The van der Waals surface area contributed by atoms with Gasteiger partial charge in [0.25, 0.3) is 0 Å². The Labute approximate surface area is 124 Å². The lowest BCUT2D eigenvalue weighted by Crippen LogP contribution is -2.06. The van der Waals surface area contributed by atoms with Gasteiger partial charge in [-0.05, 0) is 56.2 Å². The maximum atomic E-state index is 12.5. The number of hydrogen-bond acceptors (Lipinski definition) is 3. The van der Waals surface area contributed by atoms with Crippen LogP contribution in [0.4, 0.5) is 5.69 Å². The van der Waals surface area contributed by atoms with E-state index in [1.807, 2.05) is 56.3 Å². The number of ketones is 1. The maximum Gasteiger partial charge on any atom is 0.193 e. The van der Waals surface area contributed by atoms with Crippen LogP contribution in [0.1, 0.15) is 35.3 Å². The van der Waals surface area contributed by atoms with Crippen LogP contribution in [0.15, 0.2) is 42.5 Å². The van der Waals surface area contributed by atoms with Crippen molar-refractivity contribution in [3.8, 4) is 5.75 Å². The van der Waals surface area contributed by atoms with E-state index in [1.165, 1.54) is 5.56 Å². The highest BCUT2D eigenvalue weighted by molar-refractivity contribution is 6.09. The van der Waals surface area contributed by atoms with Crippen molar-refractivity contribution in [3.05, 3.63) is 59.2 Å². The Balaban J connectivity index is 1.81. The van der Waals surface area contributed by atoms with Gasteiger partial charge < -0.3 is 10.1 Å². The summed E-state index contributed by atoms with van der Waals surface area (Å²) in [5, 5.41) is 3.31. The fraction of sp³-hybridized carbons (Fsp3) is 0.278. The number of benzene rings is 2. The average molecular weight is 281 g/mol. The van der Waals surface area contributed by atoms with Gasteiger partial charge in [0.15, 0.2) is 5.78 Å². The molecule has 1 heterocycles. The smallest absolute Gasteiger partial charge is 0.193 e. The van der Waals surface area contributed by atoms with Crippen LogP contribution in [0.2, 0.25) is 0 Å². The summed E-state index contributed by atoms with van der Waals surface area (Å²) in [4.78, 5) is 12.5. The maximum absolute atomic E-state index is 12.5. The fourth-order valence-corrected chi connectivity index (χ4v) is 2.56. The molecule has 3 heteroatoms. The third-order valence-corrected chi connectivity index (χ3v) is 3.57. The molecule has 2 aromatic rings. The number of carbonyl (C=O) groups is 1. The quantitative estimate of drug-likeness (QED) is 0.869. The van der Waals surface area contributed by atoms with Gasteiger partial charge in [-0.25, -0.2) is 0 Å². The van der Waals surface area contributed by atoms with Crippen LogP contribution in [-0.2, 0) is 6.42 Å². The van der Waals surface area contributed by atoms with Gasteiger partial charge in [0, 0.05) is 23.4 Å². The molecule has 0 atom stereocenters. The molecule has 0 bridgehead atoms. The molecule has 0 aliphatic carbocycles. The van der Waals surface area contributed by atoms with Crippen LogP contribution in [0.5, 0.6) is 5.75 Å². The summed E-state index contributed by atoms with van der Waals surface area (Å²) in [7, 11) is 0. The molecule has 0 fully saturated rings. The molecule has 1 N–H and O–H groups in total. The Morgan fingerprint density at radius 3 is 2.52 bits per heavy atom. The van der Waals surface area contributed by atoms with Gasteiger partial charge in [-0.3, -0.25) is 4.79 Å². The molecule has 0 spiro atoms. The van der Waals surface area contributed by atoms with Crippen molar-refractivity contribution in [3.63, 3.8) is 0 Å². The van der Waals surface area contributed by atoms with Crippen LogP contribution < -0.4 is 10.1 Å². The number of rotatable bonds is 4. The molecule has 108 valence electrons. The van der Waals surface area contributed by atoms with Crippen molar-refractivity contribution >= 4 is 11.5 Å². The standard InChI is InChI=1S/C18H19NO2/c1-12(2)21-16-7-5-14(6-8-16)18(20)15-4-3-13-9-10-19-17(13)11-15/h3-8,11-12,19H,9-10H2,1-2H3. The number of anilines is 1. The molecule has 0 amide bonds. The van der Waals surface area contributed by atoms with E-state index in [0.717, 1.165) is 30.0 Å². The average Bonchev–Trinajstić information content (AvgIpc) is 2.94. The molecular formula is C18H19NO2. The first-order valence-electron chi connectivity index (χ1n) is 7.32. The second-order valence-electron chi connectivity index (χ2n) is 5.57. The SMILES string of the molecule is CC(C)Oc1ccc(C(=O)c2ccc3c(c2)NCC3)cc1. The molecule has 0 radical (unpaired) electrons. The Hall–Kier alpha value is -2.29. The largest absolute Gasteiger partial charge is 0.491 e. The van der Waals surface area contributed by atoms with E-state index in [1.54, 1.807) is 0 Å². The number of nitrogens with one attached hydrogen (secondary N) is 1. The van der Waals surface area contributed by atoms with Gasteiger partial charge in [-0.15, -0.1) is 0 Å². The lowest BCUT2D eigenvalue weighted by molar-refractivity contribution is 0.103. The van der Waals surface area contributed by atoms with Crippen LogP contribution in [0.3, 0.4) is 0 Å². The van der Waals surface area contributed by atoms with Crippen molar-refractivity contribution in [1.29, 1.82) is 0 Å². The van der Waals surface area contributed by atoms with Crippen molar-refractivity contribution < 1.29 is 9.53 Å². The van der Waals surface area contributed by atoms with Crippen LogP contribution in [-0.4, -0.2) is 18.4 Å². The lowest BCUT2D eigenvalue weighted by Gasteiger charge is -2.10. The highest BCUT2D eigenvalue weighted by Gasteiger charge is 2.14. The van der Waals surface area contributed by atoms with Gasteiger partial charge in [-0.1, -0.05) is 12.1 Å². The molecular weight excluding hydrogens is 262 g/mol. The molecule has 0 aromatic heterocycles. The van der Waals surface area contributed by atoms with Gasteiger partial charge in [0.1, 0.15) is 5.75 Å². The topological polar surface area (TPSA) is 38.3 Å². The van der Waals surface area contributed by atoms with Crippen molar-refractivity contribution in [1.82, 2.24) is 0 Å². The minimum absolute atomic E-state index is 0.0441. The van der Waals surface area contributed by atoms with Gasteiger partial charge >= 0.3 is 0 Å². The third kappa shape index (κ3) is 2.92.